The monoisotopic (exact) mass is 257 g/mol. The molecule has 0 saturated carbocycles. The van der Waals surface area contributed by atoms with Gasteiger partial charge in [-0.15, -0.1) is 0 Å². The Morgan fingerprint density at radius 1 is 1.37 bits per heavy atom. The zero-order valence-corrected chi connectivity index (χ0v) is 10.9. The third-order valence-electron chi connectivity index (χ3n) is 3.05. The second kappa shape index (κ2) is 4.42. The molecule has 1 aromatic carbocycles. The second-order valence-electron chi connectivity index (χ2n) is 5.08. The van der Waals surface area contributed by atoms with Crippen LogP contribution in [0, 0.1) is 5.92 Å². The molecule has 0 aliphatic heterocycles. The molecule has 5 heteroatoms. The molecule has 0 saturated heterocycles. The van der Waals surface area contributed by atoms with Crippen molar-refractivity contribution in [3.63, 3.8) is 0 Å². The highest BCUT2D eigenvalue weighted by atomic mass is 16.5. The Morgan fingerprint density at radius 3 is 2.89 bits per heavy atom. The van der Waals surface area contributed by atoms with Crippen molar-refractivity contribution in [3.05, 3.63) is 41.0 Å². The summed E-state index contributed by atoms with van der Waals surface area (Å²) in [6.07, 6.45) is 2.08. The lowest BCUT2D eigenvalue weighted by Gasteiger charge is -2.08. The minimum atomic E-state index is -0.535. The van der Waals surface area contributed by atoms with Crippen molar-refractivity contribution in [2.75, 3.05) is 0 Å². The van der Waals surface area contributed by atoms with Gasteiger partial charge in [-0.1, -0.05) is 31.1 Å². The number of aromatic nitrogens is 3. The van der Waals surface area contributed by atoms with Gasteiger partial charge in [-0.2, -0.15) is 0 Å². The smallest absolute Gasteiger partial charge is 0.347 e. The minimum Gasteiger partial charge on any atom is -0.347 e. The number of hydrogen-bond donors (Lipinski definition) is 1. The van der Waals surface area contributed by atoms with Crippen LogP contribution in [-0.2, 0) is 6.54 Å². The van der Waals surface area contributed by atoms with Gasteiger partial charge in [0.1, 0.15) is 0 Å². The van der Waals surface area contributed by atoms with E-state index in [-0.39, 0.29) is 0 Å². The van der Waals surface area contributed by atoms with Gasteiger partial charge in [0.2, 0.25) is 0 Å². The SMILES string of the molecule is CC(C)Cn1ccc2ccc(-c3noc(=O)[nH]3)cc21. The molecule has 0 fully saturated rings. The number of nitrogens with zero attached hydrogens (tertiary/aromatic N) is 2. The third-order valence-corrected chi connectivity index (χ3v) is 3.05. The standard InChI is InChI=1S/C14H15N3O2/c1-9(2)8-17-6-5-10-3-4-11(7-12(10)17)13-15-14(18)19-16-13/h3-7,9H,8H2,1-2H3,(H,15,16,18). The molecule has 0 radical (unpaired) electrons. The first-order valence-electron chi connectivity index (χ1n) is 6.29. The van der Waals surface area contributed by atoms with E-state index in [1.54, 1.807) is 0 Å². The fourth-order valence-corrected chi connectivity index (χ4v) is 2.24. The minimum absolute atomic E-state index is 0.462. The summed E-state index contributed by atoms with van der Waals surface area (Å²) in [5, 5.41) is 4.89. The molecular formula is C14H15N3O2. The number of fused-ring (bicyclic) bond motifs is 1. The molecule has 98 valence electrons. The zero-order chi connectivity index (χ0) is 13.4. The first-order chi connectivity index (χ1) is 9.13. The van der Waals surface area contributed by atoms with E-state index in [0.717, 1.165) is 17.6 Å². The highest BCUT2D eigenvalue weighted by molar-refractivity contribution is 5.84. The normalized spacial score (nSPS) is 11.5. The fourth-order valence-electron chi connectivity index (χ4n) is 2.24. The van der Waals surface area contributed by atoms with Crippen LogP contribution in [0.15, 0.2) is 39.8 Å². The van der Waals surface area contributed by atoms with Gasteiger partial charge in [-0.3, -0.25) is 9.51 Å². The Balaban J connectivity index is 2.10. The number of hydrogen-bond acceptors (Lipinski definition) is 3. The Labute approximate surface area is 109 Å². The maximum absolute atomic E-state index is 11.0. The summed E-state index contributed by atoms with van der Waals surface area (Å²) >= 11 is 0. The predicted octanol–water partition coefficient (Wildman–Crippen LogP) is 2.64. The van der Waals surface area contributed by atoms with Gasteiger partial charge in [0.25, 0.3) is 0 Å². The van der Waals surface area contributed by atoms with E-state index in [1.807, 2.05) is 18.2 Å². The molecule has 2 aromatic heterocycles. The quantitative estimate of drug-likeness (QED) is 0.784. The predicted molar refractivity (Wildman–Crippen MR) is 72.9 cm³/mol. The molecule has 5 nitrogen and oxygen atoms in total. The molecule has 19 heavy (non-hydrogen) atoms. The molecule has 0 aliphatic carbocycles. The van der Waals surface area contributed by atoms with Gasteiger partial charge in [0.15, 0.2) is 5.82 Å². The highest BCUT2D eigenvalue weighted by Crippen LogP contribution is 2.23. The zero-order valence-electron chi connectivity index (χ0n) is 10.9. The van der Waals surface area contributed by atoms with E-state index in [4.69, 9.17) is 0 Å². The summed E-state index contributed by atoms with van der Waals surface area (Å²) < 4.78 is 6.75. The summed E-state index contributed by atoms with van der Waals surface area (Å²) in [5.74, 6) is 0.503. The molecule has 0 bridgehead atoms. The van der Waals surface area contributed by atoms with Gasteiger partial charge < -0.3 is 4.57 Å². The van der Waals surface area contributed by atoms with E-state index < -0.39 is 5.76 Å². The van der Waals surface area contributed by atoms with E-state index in [0.29, 0.717) is 11.7 Å². The van der Waals surface area contributed by atoms with Crippen molar-refractivity contribution < 1.29 is 4.52 Å². The molecule has 0 atom stereocenters. The summed E-state index contributed by atoms with van der Waals surface area (Å²) in [7, 11) is 0. The van der Waals surface area contributed by atoms with Crippen molar-refractivity contribution in [1.82, 2.24) is 14.7 Å². The van der Waals surface area contributed by atoms with Gasteiger partial charge in [0.05, 0.1) is 0 Å². The molecule has 2 heterocycles. The van der Waals surface area contributed by atoms with Crippen molar-refractivity contribution in [1.29, 1.82) is 0 Å². The van der Waals surface area contributed by atoms with Crippen LogP contribution >= 0.6 is 0 Å². The van der Waals surface area contributed by atoms with Crippen LogP contribution in [-0.4, -0.2) is 14.7 Å². The van der Waals surface area contributed by atoms with Crippen LogP contribution < -0.4 is 5.76 Å². The number of benzene rings is 1. The van der Waals surface area contributed by atoms with Crippen LogP contribution in [0.2, 0.25) is 0 Å². The van der Waals surface area contributed by atoms with Crippen molar-refractivity contribution >= 4 is 10.9 Å². The molecule has 0 unspecified atom stereocenters. The van der Waals surface area contributed by atoms with Crippen molar-refractivity contribution in [3.8, 4) is 11.4 Å². The van der Waals surface area contributed by atoms with Crippen LogP contribution in [0.4, 0.5) is 0 Å². The van der Waals surface area contributed by atoms with Crippen molar-refractivity contribution in [2.45, 2.75) is 20.4 Å². The number of H-pyrrole nitrogens is 1. The fraction of sp³-hybridized carbons (Fsp3) is 0.286. The molecule has 0 amide bonds. The van der Waals surface area contributed by atoms with Crippen molar-refractivity contribution in [2.24, 2.45) is 5.92 Å². The highest BCUT2D eigenvalue weighted by Gasteiger charge is 2.08. The van der Waals surface area contributed by atoms with Gasteiger partial charge in [-0.25, -0.2) is 4.79 Å². The maximum Gasteiger partial charge on any atom is 0.439 e. The Morgan fingerprint density at radius 2 is 2.21 bits per heavy atom. The first-order valence-corrected chi connectivity index (χ1v) is 6.29. The lowest BCUT2D eigenvalue weighted by Crippen LogP contribution is -2.02. The second-order valence-corrected chi connectivity index (χ2v) is 5.08. The molecule has 0 spiro atoms. The summed E-state index contributed by atoms with van der Waals surface area (Å²) in [4.78, 5) is 13.6. The van der Waals surface area contributed by atoms with E-state index >= 15 is 0 Å². The third kappa shape index (κ3) is 2.19. The van der Waals surface area contributed by atoms with E-state index in [1.165, 1.54) is 5.39 Å². The lowest BCUT2D eigenvalue weighted by molar-refractivity contribution is 0.388. The van der Waals surface area contributed by atoms with Crippen LogP contribution in [0.25, 0.3) is 22.3 Å². The number of rotatable bonds is 3. The summed E-state index contributed by atoms with van der Waals surface area (Å²) in [6.45, 7) is 5.33. The average Bonchev–Trinajstić information content (AvgIpc) is 2.95. The molecule has 3 rings (SSSR count). The Kier molecular flexibility index (Phi) is 2.74. The van der Waals surface area contributed by atoms with Crippen LogP contribution in [0.1, 0.15) is 13.8 Å². The van der Waals surface area contributed by atoms with Gasteiger partial charge in [0, 0.05) is 23.8 Å². The first kappa shape index (κ1) is 11.8. The summed E-state index contributed by atoms with van der Waals surface area (Å²) in [5.41, 5.74) is 1.98. The molecule has 3 aromatic rings. The van der Waals surface area contributed by atoms with Crippen LogP contribution in [0.5, 0.6) is 0 Å². The Hall–Kier alpha value is -2.30. The van der Waals surface area contributed by atoms with Crippen LogP contribution in [0.3, 0.4) is 0 Å². The van der Waals surface area contributed by atoms with E-state index in [2.05, 4.69) is 45.3 Å². The Bertz CT molecular complexity index is 764. The molecular weight excluding hydrogens is 242 g/mol. The number of aromatic amines is 1. The molecule has 1 N–H and O–H groups in total. The van der Waals surface area contributed by atoms with Gasteiger partial charge >= 0.3 is 5.76 Å². The topological polar surface area (TPSA) is 63.8 Å². The van der Waals surface area contributed by atoms with E-state index in [9.17, 15) is 4.79 Å². The molecule has 0 aliphatic rings. The number of nitrogens with one attached hydrogen (secondary N) is 1. The largest absolute Gasteiger partial charge is 0.439 e. The average molecular weight is 257 g/mol. The van der Waals surface area contributed by atoms with Gasteiger partial charge in [-0.05, 0) is 23.4 Å². The maximum atomic E-state index is 11.0. The summed E-state index contributed by atoms with van der Waals surface area (Å²) in [6, 6.07) is 8.06. The lowest BCUT2D eigenvalue weighted by atomic mass is 10.1.